The number of likely N-dealkylation sites (N-methyl/N-ethyl adjacent to an activating group) is 2. The number of amides is 15. The first-order chi connectivity index (χ1) is 64.1. The van der Waals surface area contributed by atoms with Crippen LogP contribution in [-0.2, 0) is 107 Å². The number of aromatic amines is 2. The Bertz CT molecular complexity index is 5380. The Morgan fingerprint density at radius 2 is 1.25 bits per heavy atom. The number of aliphatic hydroxyl groups is 2. The van der Waals surface area contributed by atoms with Crippen LogP contribution in [0.25, 0.3) is 21.7 Å². The molecule has 7 aromatic rings. The predicted molar refractivity (Wildman–Crippen MR) is 483 cm³/mol. The highest BCUT2D eigenvalue weighted by Gasteiger charge is 2.47. The van der Waals surface area contributed by atoms with Crippen molar-refractivity contribution in [2.75, 3.05) is 58.4 Å². The van der Waals surface area contributed by atoms with Gasteiger partial charge in [-0.05, 0) is 102 Å². The standard InChI is InChI=1S/C89H117N23O21S/c1-6-8-22-68-84(128)102-65(39-90)82(126)104-67(80(124)95-42-74(92)118)45-134-46-75(119)97-63(32-49-25-27-55(114)28-26-49)86(130)108(4)48(3)78(122)101-64(38-73(91)117)88(132)110-31-15-24-69(110)85(129)100-62(36-54-41-93-47-96-54)81(125)98-60(29-30-76(120)121)87(131)111-43-56(115)37-71(111)72(116)35-52(33-53-40-94-59-21-13-12-20-58(53)59)79(123)103-66(44-113)83(127)99-61(34-51-18-14-17-50-16-10-11-19-57(50)51)77-105-106-107-112(77)70(23-9-7-2)89(133)109(68)5/h10-14,16-21,25-28,40-41,47-48,52,56,60-71,94,113-115H,6-9,15,22-24,29-39,42-46,90H2,1-5H3,(H2,91,117)(H2,92,118)(H,93,96)(H,95,124)(H,97,119)(H,98,125)(H,99,127)(H,100,129)(H,101,122)(H,102,128)(H,103,123)(H,104,126)(H,120,121)/t48-,52+,56+,60-,61-,62-,63-,64-,65-,66-,67-,68-,69-,70-,71-/m0/s1. The highest BCUT2D eigenvalue weighted by molar-refractivity contribution is 8.00. The molecule has 10 rings (SSSR count). The summed E-state index contributed by atoms with van der Waals surface area (Å²) in [4.78, 5) is 260. The lowest BCUT2D eigenvalue weighted by molar-refractivity contribution is -0.145. The number of carboxylic acids is 1. The number of Topliss-reactive ketones (excluding diaryl/α,β-unsaturated/α-hetero) is 1. The van der Waals surface area contributed by atoms with Crippen molar-refractivity contribution in [2.24, 2.45) is 23.1 Å². The van der Waals surface area contributed by atoms with Crippen molar-refractivity contribution < 1.29 is 102 Å². The van der Waals surface area contributed by atoms with Crippen LogP contribution in [0.3, 0.4) is 0 Å². The van der Waals surface area contributed by atoms with E-state index in [-0.39, 0.29) is 68.8 Å². The molecule has 0 radical (unpaired) electrons. The number of nitrogens with one attached hydrogen (secondary N) is 11. The number of aliphatic hydroxyl groups excluding tert-OH is 2. The molecule has 0 bridgehead atoms. The number of rotatable bonds is 24. The van der Waals surface area contributed by atoms with E-state index in [1.165, 1.54) is 67.4 Å². The number of unbranched alkanes of at least 4 members (excludes halogenated alkanes) is 2. The molecule has 3 aliphatic rings. The van der Waals surface area contributed by atoms with E-state index < -0.39 is 267 Å². The molecule has 15 amide bonds. The van der Waals surface area contributed by atoms with Crippen molar-refractivity contribution in [2.45, 2.75) is 215 Å². The fraction of sp³-hybridized carbons (Fsp3) is 0.494. The number of benzene rings is 4. The molecule has 0 unspecified atom stereocenters. The quantitative estimate of drug-likeness (QED) is 0.0295. The SMILES string of the molecule is CCCC[C@H]1C(=O)N[C@@H](CN)C(=O)N[C@H](C(=O)NCC(N)=O)CSCC(=O)N[C@@H](Cc2ccc(O)cc2)C(=O)N(C)[C@@H](C)C(=O)N[C@@H](CC(N)=O)C(=O)N2CCC[C@H]2C(=O)N[C@@H](Cc2cnc[nH]2)C(=O)N[C@@H](CCC(=O)O)C(=O)N2C[C@H](O)C[C@H]2C(=O)C[C@@H](Cc2c[nH]c3ccccc23)C(=O)N[C@@H](CO)C(=O)N[C@@H](Cc2cccc3ccccc23)c2nnnn2[C@@H](CCCC)C(=O)N1C. The number of ketones is 1. The van der Waals surface area contributed by atoms with Gasteiger partial charge in [0.1, 0.15) is 72.2 Å². The number of thioether (sulfide) groups is 1. The molecule has 44 nitrogen and oxygen atoms in total. The van der Waals surface area contributed by atoms with Gasteiger partial charge in [0.15, 0.2) is 11.6 Å². The number of para-hydroxylation sites is 1. The summed E-state index contributed by atoms with van der Waals surface area (Å²) in [6.07, 6.45) is 0.135. The number of H-pyrrole nitrogens is 2. The van der Waals surface area contributed by atoms with Gasteiger partial charge in [-0.15, -0.1) is 16.9 Å². The maximum absolute atomic E-state index is 15.7. The lowest BCUT2D eigenvalue weighted by Gasteiger charge is -2.32. The number of aromatic hydroxyl groups is 1. The van der Waals surface area contributed by atoms with Crippen LogP contribution in [0.15, 0.2) is 110 Å². The molecule has 3 aliphatic heterocycles. The Morgan fingerprint density at radius 3 is 1.94 bits per heavy atom. The topological polar surface area (TPSA) is 658 Å². The molecule has 4 aromatic carbocycles. The predicted octanol–water partition coefficient (Wildman–Crippen LogP) is -2.58. The summed E-state index contributed by atoms with van der Waals surface area (Å²) in [5.74, 6) is -19.6. The summed E-state index contributed by atoms with van der Waals surface area (Å²) in [5, 5.41) is 81.5. The number of aromatic nitrogens is 7. The fourth-order valence-corrected chi connectivity index (χ4v) is 17.5. The van der Waals surface area contributed by atoms with Crippen LogP contribution < -0.4 is 65.1 Å². The van der Waals surface area contributed by atoms with E-state index in [2.05, 4.69) is 78.3 Å². The molecule has 0 saturated carbocycles. The minimum absolute atomic E-state index is 0.00210. The van der Waals surface area contributed by atoms with Crippen molar-refractivity contribution >= 4 is 134 Å². The van der Waals surface area contributed by atoms with E-state index in [0.29, 0.717) is 53.3 Å². The van der Waals surface area contributed by atoms with Crippen molar-refractivity contribution in [3.63, 3.8) is 0 Å². The van der Waals surface area contributed by atoms with Crippen LogP contribution >= 0.6 is 11.8 Å². The lowest BCUT2D eigenvalue weighted by Crippen LogP contribution is -2.60. The average Bonchev–Trinajstić information content (AvgIpc) is 1.61. The van der Waals surface area contributed by atoms with Gasteiger partial charge in [-0.25, -0.2) is 9.67 Å². The smallest absolute Gasteiger partial charge is 0.303 e. The number of primary amides is 2. The third-order valence-corrected chi connectivity index (χ3v) is 25.1. The second kappa shape index (κ2) is 48.5. The number of nitrogens with two attached hydrogens (primary N) is 3. The van der Waals surface area contributed by atoms with Gasteiger partial charge in [0.05, 0.1) is 49.8 Å². The summed E-state index contributed by atoms with van der Waals surface area (Å²) < 4.78 is 1.21. The number of phenols is 1. The van der Waals surface area contributed by atoms with Crippen molar-refractivity contribution in [1.29, 1.82) is 0 Å². The van der Waals surface area contributed by atoms with Gasteiger partial charge in [-0.1, -0.05) is 112 Å². The second-order valence-corrected chi connectivity index (χ2v) is 34.7. The Kier molecular flexibility index (Phi) is 37.1. The van der Waals surface area contributed by atoms with Gasteiger partial charge < -0.3 is 115 Å². The first kappa shape index (κ1) is 102. The number of tetrazole rings is 1. The summed E-state index contributed by atoms with van der Waals surface area (Å²) in [6.45, 7) is 1.84. The van der Waals surface area contributed by atoms with E-state index >= 15 is 33.6 Å². The zero-order valence-electron chi connectivity index (χ0n) is 74.9. The van der Waals surface area contributed by atoms with Crippen LogP contribution in [-0.4, -0.2) is 306 Å². The number of nitrogens with zero attached hydrogens (tertiary/aromatic N) is 9. The van der Waals surface area contributed by atoms with Gasteiger partial charge in [0.2, 0.25) is 88.6 Å². The molecule has 2 fully saturated rings. The molecular formula is C89H117N23O21S. The third-order valence-electron chi connectivity index (χ3n) is 24.0. The minimum Gasteiger partial charge on any atom is -0.508 e. The number of carbonyl (C=O) groups excluding carboxylic acids is 16. The molecule has 15 atom stereocenters. The molecule has 6 heterocycles. The van der Waals surface area contributed by atoms with Crippen LogP contribution in [0, 0.1) is 5.92 Å². The highest BCUT2D eigenvalue weighted by atomic mass is 32.2. The van der Waals surface area contributed by atoms with E-state index in [1.54, 1.807) is 48.7 Å². The first-order valence-corrected chi connectivity index (χ1v) is 45.5. The Labute approximate surface area is 774 Å². The normalized spacial score (nSPS) is 24.7. The van der Waals surface area contributed by atoms with E-state index in [1.807, 2.05) is 38.1 Å². The molecule has 2 saturated heterocycles. The second-order valence-electron chi connectivity index (χ2n) is 33.7. The molecule has 720 valence electrons. The van der Waals surface area contributed by atoms with Crippen LogP contribution in [0.4, 0.5) is 0 Å². The zero-order valence-corrected chi connectivity index (χ0v) is 75.7. The number of hydrogen-bond acceptors (Lipinski definition) is 26. The van der Waals surface area contributed by atoms with Gasteiger partial charge in [-0.2, -0.15) is 0 Å². The van der Waals surface area contributed by atoms with Gasteiger partial charge in [-0.3, -0.25) is 81.5 Å². The highest BCUT2D eigenvalue weighted by Crippen LogP contribution is 2.32. The van der Waals surface area contributed by atoms with Crippen molar-refractivity contribution in [3.8, 4) is 5.75 Å². The maximum atomic E-state index is 15.7. The number of imidazole rings is 1. The molecule has 21 N–H and O–H groups in total. The van der Waals surface area contributed by atoms with Gasteiger partial charge >= 0.3 is 5.97 Å². The van der Waals surface area contributed by atoms with E-state index in [0.717, 1.165) is 37.2 Å². The summed E-state index contributed by atoms with van der Waals surface area (Å²) >= 11 is 0.754. The Morgan fingerprint density at radius 1 is 0.604 bits per heavy atom. The van der Waals surface area contributed by atoms with Crippen molar-refractivity contribution in [3.05, 3.63) is 138 Å². The maximum Gasteiger partial charge on any atom is 0.303 e. The average molecular weight is 1880 g/mol. The van der Waals surface area contributed by atoms with Crippen molar-refractivity contribution in [1.82, 2.24) is 103 Å². The molecule has 45 heteroatoms. The summed E-state index contributed by atoms with van der Waals surface area (Å²) in [7, 11) is 2.56. The molecular weight excluding hydrogens is 1760 g/mol. The first-order valence-electron chi connectivity index (χ1n) is 44.4. The number of phenolic OH excluding ortho intramolecular Hbond substituents is 1. The van der Waals surface area contributed by atoms with Crippen LogP contribution in [0.1, 0.15) is 145 Å². The number of aliphatic carboxylic acids is 1. The Balaban J connectivity index is 1.02. The number of hydrogen-bond donors (Lipinski definition) is 18. The fourth-order valence-electron chi connectivity index (χ4n) is 16.6. The lowest BCUT2D eigenvalue weighted by atomic mass is 9.90. The van der Waals surface area contributed by atoms with Crippen LogP contribution in [0.2, 0.25) is 0 Å². The van der Waals surface area contributed by atoms with E-state index in [9.17, 15) is 68.4 Å². The largest absolute Gasteiger partial charge is 0.508 e. The number of carbonyl (C=O) groups is 17. The summed E-state index contributed by atoms with van der Waals surface area (Å²) in [5.41, 5.74) is 19.7. The zero-order chi connectivity index (χ0) is 97.1. The third kappa shape index (κ3) is 27.2. The number of carboxylic acid groups (broad SMARTS) is 1. The van der Waals surface area contributed by atoms with E-state index in [4.69, 9.17) is 17.2 Å². The molecule has 0 spiro atoms. The monoisotopic (exact) mass is 1880 g/mol. The van der Waals surface area contributed by atoms with Crippen LogP contribution in [0.5, 0.6) is 5.75 Å². The molecule has 3 aromatic heterocycles. The molecule has 134 heavy (non-hydrogen) atoms. The van der Waals surface area contributed by atoms with Gasteiger partial charge in [0, 0.05) is 113 Å². The minimum atomic E-state index is -1.83. The Hall–Kier alpha value is -13.8. The molecule has 0 aliphatic carbocycles. The number of fused-ring (bicyclic) bond motifs is 5. The van der Waals surface area contributed by atoms with Gasteiger partial charge in [0.25, 0.3) is 0 Å². The summed E-state index contributed by atoms with van der Waals surface area (Å²) in [6, 6.07) is 4.79.